The van der Waals surface area contributed by atoms with Crippen molar-refractivity contribution in [2.24, 2.45) is 34.0 Å². The third-order valence-electron chi connectivity index (χ3n) is 8.75. The maximum atomic E-state index is 13.0. The van der Waals surface area contributed by atoms with Crippen LogP contribution >= 0.6 is 0 Å². The van der Waals surface area contributed by atoms with Crippen molar-refractivity contribution in [3.8, 4) is 0 Å². The number of aliphatic hydroxyl groups excluding tert-OH is 1. The molecule has 0 amide bonds. The first-order chi connectivity index (χ1) is 13.2. The quantitative estimate of drug-likeness (QED) is 0.533. The minimum atomic E-state index is -5.11. The standard InChI is InChI=1S/C22H31F3O4/c1-6-19(4)11-15(27)20(5)12(2)7-9-21(10-8-14(26)16(20)21)13(3)17(19)29-18(28)22(23,24)25/h6,12-13,15-17,27H,1,7-11H2,2-5H3/t12-,13-,15-,16?,17+,19-,20-,21+/m0/s1. The van der Waals surface area contributed by atoms with Crippen LogP contribution in [0.4, 0.5) is 13.2 Å². The molecule has 2 bridgehead atoms. The summed E-state index contributed by atoms with van der Waals surface area (Å²) in [6, 6.07) is 0. The molecule has 0 aliphatic heterocycles. The van der Waals surface area contributed by atoms with E-state index >= 15 is 0 Å². The number of ether oxygens (including phenoxy) is 1. The third-order valence-corrected chi connectivity index (χ3v) is 8.75. The molecule has 0 aromatic rings. The van der Waals surface area contributed by atoms with Crippen LogP contribution < -0.4 is 0 Å². The molecule has 1 unspecified atom stereocenters. The molecular formula is C22H31F3O4. The molecule has 0 aromatic carbocycles. The van der Waals surface area contributed by atoms with Crippen LogP contribution in [0.5, 0.6) is 0 Å². The van der Waals surface area contributed by atoms with Crippen molar-refractivity contribution >= 4 is 11.8 Å². The molecule has 0 spiro atoms. The Hall–Kier alpha value is -1.37. The van der Waals surface area contributed by atoms with Crippen molar-refractivity contribution in [1.29, 1.82) is 0 Å². The van der Waals surface area contributed by atoms with Crippen LogP contribution in [0.1, 0.15) is 59.8 Å². The number of rotatable bonds is 2. The van der Waals surface area contributed by atoms with Crippen LogP contribution in [0.15, 0.2) is 12.7 Å². The zero-order chi connectivity index (χ0) is 22.0. The molecule has 8 atom stereocenters. The smallest absolute Gasteiger partial charge is 0.454 e. The second-order valence-electron chi connectivity index (χ2n) is 9.98. The number of Topliss-reactive ketones (excluding diaryl/α,β-unsaturated/α-hetero) is 1. The van der Waals surface area contributed by atoms with Gasteiger partial charge in [-0.05, 0) is 37.0 Å². The van der Waals surface area contributed by atoms with Crippen molar-refractivity contribution < 1.29 is 32.6 Å². The highest BCUT2D eigenvalue weighted by Crippen LogP contribution is 2.67. The largest absolute Gasteiger partial charge is 0.490 e. The number of alkyl halides is 3. The first-order valence-electron chi connectivity index (χ1n) is 10.4. The number of aliphatic hydroxyl groups is 1. The SMILES string of the molecule is C=C[C@@]1(C)C[C@H](O)[C@@]2(C)C3C(=O)CC[C@]3(CC[C@@H]2C)[C@@H](C)[C@H]1OC(=O)C(F)(F)F. The molecule has 0 saturated heterocycles. The number of carbonyl (C=O) groups is 2. The molecule has 3 rings (SSSR count). The Morgan fingerprint density at radius 1 is 1.28 bits per heavy atom. The van der Waals surface area contributed by atoms with Gasteiger partial charge in [-0.25, -0.2) is 4.79 Å². The van der Waals surface area contributed by atoms with E-state index in [0.717, 1.165) is 6.42 Å². The van der Waals surface area contributed by atoms with Crippen molar-refractivity contribution in [2.45, 2.75) is 78.2 Å². The highest BCUT2D eigenvalue weighted by molar-refractivity contribution is 5.85. The van der Waals surface area contributed by atoms with Gasteiger partial charge < -0.3 is 9.84 Å². The summed E-state index contributed by atoms with van der Waals surface area (Å²) >= 11 is 0. The Labute approximate surface area is 169 Å². The molecule has 3 saturated carbocycles. The third kappa shape index (κ3) is 3.06. The van der Waals surface area contributed by atoms with E-state index in [1.807, 2.05) is 13.8 Å². The summed E-state index contributed by atoms with van der Waals surface area (Å²) in [6.07, 6.45) is -3.26. The summed E-state index contributed by atoms with van der Waals surface area (Å²) in [5.74, 6) is -3.01. The fourth-order valence-corrected chi connectivity index (χ4v) is 6.76. The van der Waals surface area contributed by atoms with Crippen LogP contribution in [0.3, 0.4) is 0 Å². The van der Waals surface area contributed by atoms with Gasteiger partial charge in [-0.15, -0.1) is 6.58 Å². The summed E-state index contributed by atoms with van der Waals surface area (Å²) in [7, 11) is 0. The summed E-state index contributed by atoms with van der Waals surface area (Å²) in [6.45, 7) is 11.3. The van der Waals surface area contributed by atoms with E-state index in [4.69, 9.17) is 4.74 Å². The Balaban J connectivity index is 2.17. The van der Waals surface area contributed by atoms with E-state index in [9.17, 15) is 27.9 Å². The molecule has 164 valence electrons. The highest BCUT2D eigenvalue weighted by Gasteiger charge is 2.68. The van der Waals surface area contributed by atoms with Gasteiger partial charge in [0.2, 0.25) is 0 Å². The van der Waals surface area contributed by atoms with E-state index in [-0.39, 0.29) is 18.1 Å². The summed E-state index contributed by atoms with van der Waals surface area (Å²) in [5, 5.41) is 11.3. The monoisotopic (exact) mass is 416 g/mol. The van der Waals surface area contributed by atoms with Gasteiger partial charge in [-0.3, -0.25) is 4.79 Å². The molecule has 3 aliphatic rings. The average Bonchev–Trinajstić information content (AvgIpc) is 2.99. The molecule has 29 heavy (non-hydrogen) atoms. The van der Waals surface area contributed by atoms with Gasteiger partial charge in [0.25, 0.3) is 0 Å². The molecule has 0 aromatic heterocycles. The van der Waals surface area contributed by atoms with Gasteiger partial charge in [-0.1, -0.05) is 33.8 Å². The van der Waals surface area contributed by atoms with Gasteiger partial charge >= 0.3 is 12.1 Å². The molecule has 3 fully saturated rings. The minimum Gasteiger partial charge on any atom is -0.454 e. The molecule has 3 aliphatic carbocycles. The maximum Gasteiger partial charge on any atom is 0.490 e. The van der Waals surface area contributed by atoms with Crippen LogP contribution in [0.25, 0.3) is 0 Å². The van der Waals surface area contributed by atoms with Crippen molar-refractivity contribution in [2.75, 3.05) is 0 Å². The molecule has 0 radical (unpaired) electrons. The van der Waals surface area contributed by atoms with Gasteiger partial charge in [0.05, 0.1) is 6.10 Å². The number of esters is 1. The van der Waals surface area contributed by atoms with Crippen LogP contribution in [0, 0.1) is 34.0 Å². The lowest BCUT2D eigenvalue weighted by atomic mass is 9.44. The van der Waals surface area contributed by atoms with Crippen LogP contribution in [0.2, 0.25) is 0 Å². The van der Waals surface area contributed by atoms with Gasteiger partial charge in [0.15, 0.2) is 0 Å². The predicted molar refractivity (Wildman–Crippen MR) is 101 cm³/mol. The maximum absolute atomic E-state index is 13.0. The van der Waals surface area contributed by atoms with Crippen LogP contribution in [-0.2, 0) is 14.3 Å². The molecular weight excluding hydrogens is 385 g/mol. The Morgan fingerprint density at radius 3 is 2.45 bits per heavy atom. The molecule has 0 heterocycles. The van der Waals surface area contributed by atoms with Crippen molar-refractivity contribution in [1.82, 2.24) is 0 Å². The van der Waals surface area contributed by atoms with E-state index in [2.05, 4.69) is 6.58 Å². The normalized spacial score (nSPS) is 47.7. The zero-order valence-corrected chi connectivity index (χ0v) is 17.5. The first kappa shape index (κ1) is 22.3. The molecule has 7 heteroatoms. The second-order valence-corrected chi connectivity index (χ2v) is 9.98. The van der Waals surface area contributed by atoms with Gasteiger partial charge in [0.1, 0.15) is 11.9 Å². The first-order valence-corrected chi connectivity index (χ1v) is 10.4. The molecule has 1 N–H and O–H groups in total. The highest BCUT2D eigenvalue weighted by atomic mass is 19.4. The second kappa shape index (κ2) is 6.82. The van der Waals surface area contributed by atoms with E-state index in [0.29, 0.717) is 19.3 Å². The summed E-state index contributed by atoms with van der Waals surface area (Å²) in [5.41, 5.74) is -2.33. The van der Waals surface area contributed by atoms with Gasteiger partial charge in [-0.2, -0.15) is 13.2 Å². The Morgan fingerprint density at radius 2 is 1.90 bits per heavy atom. The lowest BCUT2D eigenvalue weighted by Gasteiger charge is -2.61. The summed E-state index contributed by atoms with van der Waals surface area (Å²) < 4.78 is 44.2. The topological polar surface area (TPSA) is 63.6 Å². The fourth-order valence-electron chi connectivity index (χ4n) is 6.76. The lowest BCUT2D eigenvalue weighted by molar-refractivity contribution is -0.229. The van der Waals surface area contributed by atoms with Gasteiger partial charge in [0, 0.05) is 29.1 Å². The summed E-state index contributed by atoms with van der Waals surface area (Å²) in [4.78, 5) is 24.8. The fraction of sp³-hybridized carbons (Fsp3) is 0.818. The van der Waals surface area contributed by atoms with Crippen LogP contribution in [-0.4, -0.2) is 35.2 Å². The molecule has 4 nitrogen and oxygen atoms in total. The number of carbonyl (C=O) groups excluding carboxylic acids is 2. The Bertz CT molecular complexity index is 719. The van der Waals surface area contributed by atoms with Crippen molar-refractivity contribution in [3.05, 3.63) is 12.7 Å². The number of ketones is 1. The zero-order valence-electron chi connectivity index (χ0n) is 17.5. The Kier molecular flexibility index (Phi) is 5.25. The average molecular weight is 416 g/mol. The van der Waals surface area contributed by atoms with Crippen molar-refractivity contribution in [3.63, 3.8) is 0 Å². The lowest BCUT2D eigenvalue weighted by Crippen LogP contribution is -2.63. The minimum absolute atomic E-state index is 0.0630. The number of halogens is 3. The number of hydrogen-bond donors (Lipinski definition) is 1. The van der Waals surface area contributed by atoms with E-state index in [1.165, 1.54) is 6.08 Å². The number of hydrogen-bond acceptors (Lipinski definition) is 4. The van der Waals surface area contributed by atoms with E-state index in [1.54, 1.807) is 13.8 Å². The van der Waals surface area contributed by atoms with E-state index < -0.39 is 52.4 Å². The predicted octanol–water partition coefficient (Wildman–Crippen LogP) is 4.46.